The Hall–Kier alpha value is -0.360. The molecule has 1 aromatic carbocycles. The molecule has 0 aliphatic carbocycles. The van der Waals surface area contributed by atoms with Crippen LogP contribution in [0.1, 0.15) is 10.4 Å². The second-order valence-electron chi connectivity index (χ2n) is 2.06. The van der Waals surface area contributed by atoms with Gasteiger partial charge in [0.1, 0.15) is 0 Å². The van der Waals surface area contributed by atoms with Crippen molar-refractivity contribution in [2.45, 2.75) is 0 Å². The lowest BCUT2D eigenvalue weighted by Gasteiger charge is -1.99. The number of rotatable bonds is 1. The normalized spacial score (nSPS) is 9.92. The van der Waals surface area contributed by atoms with Crippen molar-refractivity contribution in [2.24, 2.45) is 0 Å². The first-order valence-corrected chi connectivity index (χ1v) is 4.36. The SMILES string of the molecule is O=C(O)c1cc(Cl)c(F)c(I)c1. The van der Waals surface area contributed by atoms with E-state index in [0.717, 1.165) is 6.07 Å². The van der Waals surface area contributed by atoms with Crippen molar-refractivity contribution in [3.8, 4) is 0 Å². The van der Waals surface area contributed by atoms with Gasteiger partial charge in [-0.1, -0.05) is 11.6 Å². The molecule has 1 rings (SSSR count). The van der Waals surface area contributed by atoms with Gasteiger partial charge in [-0.2, -0.15) is 0 Å². The van der Waals surface area contributed by atoms with E-state index in [4.69, 9.17) is 16.7 Å². The topological polar surface area (TPSA) is 37.3 Å². The number of benzene rings is 1. The third-order valence-electron chi connectivity index (χ3n) is 1.23. The van der Waals surface area contributed by atoms with Crippen LogP contribution in [0.25, 0.3) is 0 Å². The quantitative estimate of drug-likeness (QED) is 0.639. The zero-order chi connectivity index (χ0) is 9.30. The van der Waals surface area contributed by atoms with Gasteiger partial charge in [-0.05, 0) is 34.7 Å². The number of aromatic carboxylic acids is 1. The summed E-state index contributed by atoms with van der Waals surface area (Å²) >= 11 is 7.11. The van der Waals surface area contributed by atoms with Crippen molar-refractivity contribution in [3.05, 3.63) is 32.1 Å². The smallest absolute Gasteiger partial charge is 0.335 e. The fourth-order valence-electron chi connectivity index (χ4n) is 0.679. The molecule has 0 aliphatic rings. The molecule has 1 aromatic rings. The molecule has 0 aliphatic heterocycles. The summed E-state index contributed by atoms with van der Waals surface area (Å²) in [4.78, 5) is 10.4. The van der Waals surface area contributed by atoms with E-state index >= 15 is 0 Å². The molecule has 0 radical (unpaired) electrons. The third kappa shape index (κ3) is 1.87. The highest BCUT2D eigenvalue weighted by atomic mass is 127. The van der Waals surface area contributed by atoms with Crippen LogP contribution in [0, 0.1) is 9.39 Å². The van der Waals surface area contributed by atoms with Gasteiger partial charge in [0.05, 0.1) is 14.2 Å². The van der Waals surface area contributed by atoms with Crippen molar-refractivity contribution >= 4 is 40.2 Å². The number of carboxylic acids is 1. The van der Waals surface area contributed by atoms with Crippen LogP contribution in [-0.2, 0) is 0 Å². The summed E-state index contributed by atoms with van der Waals surface area (Å²) < 4.78 is 13.0. The standard InChI is InChI=1S/C7H3ClFIO2/c8-4-1-3(7(11)12)2-5(10)6(4)9/h1-2H,(H,11,12). The van der Waals surface area contributed by atoms with Crippen molar-refractivity contribution in [1.29, 1.82) is 0 Å². The largest absolute Gasteiger partial charge is 0.478 e. The molecule has 1 N–H and O–H groups in total. The van der Waals surface area contributed by atoms with Crippen LogP contribution >= 0.6 is 34.2 Å². The van der Waals surface area contributed by atoms with Crippen LogP contribution in [0.3, 0.4) is 0 Å². The number of halogens is 3. The maximum absolute atomic E-state index is 12.8. The molecular weight excluding hydrogens is 297 g/mol. The lowest BCUT2D eigenvalue weighted by molar-refractivity contribution is 0.0696. The highest BCUT2D eigenvalue weighted by Crippen LogP contribution is 2.22. The maximum atomic E-state index is 12.8. The lowest BCUT2D eigenvalue weighted by atomic mass is 10.2. The van der Waals surface area contributed by atoms with Gasteiger partial charge >= 0.3 is 5.97 Å². The zero-order valence-corrected chi connectivity index (χ0v) is 8.56. The van der Waals surface area contributed by atoms with E-state index < -0.39 is 11.8 Å². The zero-order valence-electron chi connectivity index (χ0n) is 5.64. The van der Waals surface area contributed by atoms with Crippen molar-refractivity contribution in [3.63, 3.8) is 0 Å². The molecule has 0 spiro atoms. The molecule has 0 saturated carbocycles. The van der Waals surface area contributed by atoms with Gasteiger partial charge in [0.25, 0.3) is 0 Å². The van der Waals surface area contributed by atoms with Gasteiger partial charge in [0, 0.05) is 0 Å². The fourth-order valence-corrected chi connectivity index (χ4v) is 1.68. The summed E-state index contributed by atoms with van der Waals surface area (Å²) in [6.07, 6.45) is 0. The van der Waals surface area contributed by atoms with E-state index in [1.54, 1.807) is 22.6 Å². The first-order valence-electron chi connectivity index (χ1n) is 2.90. The summed E-state index contributed by atoms with van der Waals surface area (Å²) in [6.45, 7) is 0. The minimum atomic E-state index is -1.12. The summed E-state index contributed by atoms with van der Waals surface area (Å²) in [6, 6.07) is 2.31. The van der Waals surface area contributed by atoms with E-state index in [1.165, 1.54) is 6.07 Å². The summed E-state index contributed by atoms with van der Waals surface area (Å²) in [5, 5.41) is 8.37. The highest BCUT2D eigenvalue weighted by Gasteiger charge is 2.10. The Balaban J connectivity index is 3.31. The maximum Gasteiger partial charge on any atom is 0.335 e. The van der Waals surface area contributed by atoms with Crippen LogP contribution in [0.2, 0.25) is 5.02 Å². The van der Waals surface area contributed by atoms with E-state index in [1.807, 2.05) is 0 Å². The molecule has 0 bridgehead atoms. The molecule has 2 nitrogen and oxygen atoms in total. The molecule has 0 fully saturated rings. The lowest BCUT2D eigenvalue weighted by Crippen LogP contribution is -1.98. The number of carboxylic acid groups (broad SMARTS) is 1. The molecule has 0 amide bonds. The van der Waals surface area contributed by atoms with Crippen molar-refractivity contribution in [1.82, 2.24) is 0 Å². The second kappa shape index (κ2) is 3.57. The third-order valence-corrected chi connectivity index (χ3v) is 2.29. The molecule has 0 aromatic heterocycles. The van der Waals surface area contributed by atoms with E-state index in [0.29, 0.717) is 0 Å². The molecular formula is C7H3ClFIO2. The highest BCUT2D eigenvalue weighted by molar-refractivity contribution is 14.1. The van der Waals surface area contributed by atoms with Crippen LogP contribution < -0.4 is 0 Å². The first-order chi connectivity index (χ1) is 5.52. The van der Waals surface area contributed by atoms with Crippen LogP contribution in [-0.4, -0.2) is 11.1 Å². The minimum absolute atomic E-state index is 0.00852. The summed E-state index contributed by atoms with van der Waals surface area (Å²) in [7, 11) is 0. The molecule has 12 heavy (non-hydrogen) atoms. The van der Waals surface area contributed by atoms with Gasteiger partial charge in [0.15, 0.2) is 5.82 Å². The fraction of sp³-hybridized carbons (Fsp3) is 0. The van der Waals surface area contributed by atoms with E-state index in [2.05, 4.69) is 0 Å². The van der Waals surface area contributed by atoms with E-state index in [9.17, 15) is 9.18 Å². The molecule has 0 heterocycles. The Bertz CT molecular complexity index is 317. The Kier molecular flexibility index (Phi) is 2.89. The van der Waals surface area contributed by atoms with Gasteiger partial charge in [-0.25, -0.2) is 9.18 Å². The van der Waals surface area contributed by atoms with Gasteiger partial charge < -0.3 is 5.11 Å². The number of hydrogen-bond donors (Lipinski definition) is 1. The molecule has 0 atom stereocenters. The van der Waals surface area contributed by atoms with Gasteiger partial charge in [0.2, 0.25) is 0 Å². The van der Waals surface area contributed by atoms with Gasteiger partial charge in [-0.3, -0.25) is 0 Å². The second-order valence-corrected chi connectivity index (χ2v) is 3.63. The number of carbonyl (C=O) groups is 1. The average Bonchev–Trinajstić information content (AvgIpc) is 1.99. The summed E-state index contributed by atoms with van der Waals surface area (Å²) in [5.74, 6) is -1.70. The number of hydrogen-bond acceptors (Lipinski definition) is 1. The Labute approximate surface area is 86.5 Å². The molecule has 64 valence electrons. The first kappa shape index (κ1) is 9.73. The van der Waals surface area contributed by atoms with Crippen LogP contribution in [0.15, 0.2) is 12.1 Å². The Morgan fingerprint density at radius 3 is 2.58 bits per heavy atom. The molecule has 5 heteroatoms. The summed E-state index contributed by atoms with van der Waals surface area (Å²) in [5.41, 5.74) is -0.00852. The predicted octanol–water partition coefficient (Wildman–Crippen LogP) is 2.78. The average molecular weight is 300 g/mol. The predicted molar refractivity (Wildman–Crippen MR) is 51.1 cm³/mol. The Morgan fingerprint density at radius 1 is 1.58 bits per heavy atom. The molecule has 0 saturated heterocycles. The Morgan fingerprint density at radius 2 is 2.17 bits per heavy atom. The van der Waals surface area contributed by atoms with Crippen LogP contribution in [0.4, 0.5) is 4.39 Å². The van der Waals surface area contributed by atoms with Gasteiger partial charge in [-0.15, -0.1) is 0 Å². The molecule has 0 unspecified atom stereocenters. The van der Waals surface area contributed by atoms with Crippen molar-refractivity contribution in [2.75, 3.05) is 0 Å². The van der Waals surface area contributed by atoms with Crippen LogP contribution in [0.5, 0.6) is 0 Å². The van der Waals surface area contributed by atoms with E-state index in [-0.39, 0.29) is 14.2 Å². The minimum Gasteiger partial charge on any atom is -0.478 e. The monoisotopic (exact) mass is 300 g/mol. The van der Waals surface area contributed by atoms with Crippen molar-refractivity contribution < 1.29 is 14.3 Å².